The molecular weight excluding hydrogens is 440 g/mol. The molecule has 0 saturated carbocycles. The van der Waals surface area contributed by atoms with Crippen molar-refractivity contribution in [2.45, 2.75) is 57.7 Å². The lowest BCUT2D eigenvalue weighted by Crippen LogP contribution is -2.47. The molecule has 2 atom stereocenters. The Morgan fingerprint density at radius 3 is 2.69 bits per heavy atom. The van der Waals surface area contributed by atoms with E-state index in [2.05, 4.69) is 44.5 Å². The van der Waals surface area contributed by atoms with Crippen LogP contribution in [0.3, 0.4) is 0 Å². The summed E-state index contributed by atoms with van der Waals surface area (Å²) >= 11 is 0. The Morgan fingerprint density at radius 1 is 1.06 bits per heavy atom. The molecule has 7 nitrogen and oxygen atoms in total. The highest BCUT2D eigenvalue weighted by Crippen LogP contribution is 2.41. The number of nitrogens with zero attached hydrogens (tertiary/aromatic N) is 4. The van der Waals surface area contributed by atoms with Crippen LogP contribution < -0.4 is 4.74 Å². The van der Waals surface area contributed by atoms with E-state index >= 15 is 0 Å². The maximum Gasteiger partial charge on any atom is 0.258 e. The molecule has 35 heavy (non-hydrogen) atoms. The number of benzene rings is 2. The molecule has 1 amide bonds. The van der Waals surface area contributed by atoms with Crippen LogP contribution in [0.5, 0.6) is 5.75 Å². The zero-order valence-corrected chi connectivity index (χ0v) is 19.8. The highest BCUT2D eigenvalue weighted by atomic mass is 16.6. The van der Waals surface area contributed by atoms with E-state index in [4.69, 9.17) is 9.37 Å². The van der Waals surface area contributed by atoms with Gasteiger partial charge in [0.15, 0.2) is 0 Å². The standard InChI is InChI=1S/C28H28N4O3/c1-18-26(31-35-30-18)17-34-27-5-3-2-4-25(27)28(33)32-23-8-9-24(32)15-20(14-23)12-19-6-7-21-10-11-29-16-22(21)13-19/h2-7,10-11,13,16,20,23-24H,8-9,12,14-15,17H2,1H3. The summed E-state index contributed by atoms with van der Waals surface area (Å²) in [5.41, 5.74) is 3.29. The van der Waals surface area contributed by atoms with Gasteiger partial charge in [-0.2, -0.15) is 0 Å². The quantitative estimate of drug-likeness (QED) is 0.390. The molecule has 4 aromatic rings. The number of ether oxygens (including phenoxy) is 1. The van der Waals surface area contributed by atoms with E-state index in [0.717, 1.165) is 32.1 Å². The molecule has 178 valence electrons. The Morgan fingerprint density at radius 2 is 1.89 bits per heavy atom. The Bertz CT molecular complexity index is 1350. The molecule has 2 unspecified atom stereocenters. The van der Waals surface area contributed by atoms with Crippen molar-refractivity contribution in [3.63, 3.8) is 0 Å². The summed E-state index contributed by atoms with van der Waals surface area (Å²) in [5, 5.41) is 10.1. The number of fused-ring (bicyclic) bond motifs is 3. The molecule has 0 N–H and O–H groups in total. The van der Waals surface area contributed by atoms with Gasteiger partial charge in [0.25, 0.3) is 5.91 Å². The molecule has 2 aliphatic rings. The van der Waals surface area contributed by atoms with Crippen molar-refractivity contribution in [2.24, 2.45) is 5.92 Å². The Labute approximate surface area is 204 Å². The van der Waals surface area contributed by atoms with Gasteiger partial charge in [-0.3, -0.25) is 9.78 Å². The van der Waals surface area contributed by atoms with Crippen molar-refractivity contribution >= 4 is 16.7 Å². The second-order valence-electron chi connectivity index (χ2n) is 9.78. The molecule has 0 radical (unpaired) electrons. The van der Waals surface area contributed by atoms with Crippen LogP contribution >= 0.6 is 0 Å². The van der Waals surface area contributed by atoms with Crippen LogP contribution in [0.2, 0.25) is 0 Å². The summed E-state index contributed by atoms with van der Waals surface area (Å²) < 4.78 is 10.7. The number of piperidine rings is 1. The Hall–Kier alpha value is -3.74. The first kappa shape index (κ1) is 21.8. The molecule has 0 aliphatic carbocycles. The van der Waals surface area contributed by atoms with Gasteiger partial charge in [0.2, 0.25) is 0 Å². The van der Waals surface area contributed by atoms with Crippen LogP contribution in [0.25, 0.3) is 10.8 Å². The molecule has 4 heterocycles. The predicted molar refractivity (Wildman–Crippen MR) is 131 cm³/mol. The van der Waals surface area contributed by atoms with Gasteiger partial charge in [0.05, 0.1) is 5.56 Å². The lowest BCUT2D eigenvalue weighted by Gasteiger charge is -2.39. The number of pyridine rings is 1. The van der Waals surface area contributed by atoms with Crippen molar-refractivity contribution in [1.82, 2.24) is 20.2 Å². The van der Waals surface area contributed by atoms with E-state index in [1.165, 1.54) is 16.3 Å². The number of carbonyl (C=O) groups is 1. The van der Waals surface area contributed by atoms with Crippen molar-refractivity contribution in [1.29, 1.82) is 0 Å². The third-order valence-corrected chi connectivity index (χ3v) is 7.52. The van der Waals surface area contributed by atoms with Gasteiger partial charge in [-0.15, -0.1) is 0 Å². The summed E-state index contributed by atoms with van der Waals surface area (Å²) in [4.78, 5) is 20.1. The summed E-state index contributed by atoms with van der Waals surface area (Å²) in [6, 6.07) is 16.8. The maximum atomic E-state index is 13.7. The number of hydrogen-bond donors (Lipinski definition) is 0. The predicted octanol–water partition coefficient (Wildman–Crippen LogP) is 5.13. The minimum absolute atomic E-state index is 0.0679. The fourth-order valence-corrected chi connectivity index (χ4v) is 5.82. The molecule has 2 aromatic carbocycles. The summed E-state index contributed by atoms with van der Waals surface area (Å²) in [6.45, 7) is 2.04. The van der Waals surface area contributed by atoms with Crippen molar-refractivity contribution in [3.05, 3.63) is 83.4 Å². The minimum atomic E-state index is 0.0679. The maximum absolute atomic E-state index is 13.7. The molecule has 2 aromatic heterocycles. The van der Waals surface area contributed by atoms with E-state index in [1.807, 2.05) is 43.6 Å². The second kappa shape index (κ2) is 9.13. The lowest BCUT2D eigenvalue weighted by atomic mass is 9.85. The monoisotopic (exact) mass is 468 g/mol. The number of rotatable bonds is 6. The number of carbonyl (C=O) groups excluding carboxylic acids is 1. The average molecular weight is 469 g/mol. The molecule has 2 bridgehead atoms. The van der Waals surface area contributed by atoms with E-state index < -0.39 is 0 Å². The number of aromatic nitrogens is 3. The first-order valence-corrected chi connectivity index (χ1v) is 12.3. The third-order valence-electron chi connectivity index (χ3n) is 7.52. The minimum Gasteiger partial charge on any atom is -0.486 e. The fourth-order valence-electron chi connectivity index (χ4n) is 5.82. The first-order chi connectivity index (χ1) is 17.2. The van der Waals surface area contributed by atoms with Gasteiger partial charge in [-0.25, -0.2) is 4.63 Å². The van der Waals surface area contributed by atoms with E-state index in [9.17, 15) is 4.79 Å². The van der Waals surface area contributed by atoms with Gasteiger partial charge in [0.1, 0.15) is 23.7 Å². The largest absolute Gasteiger partial charge is 0.486 e. The van der Waals surface area contributed by atoms with Gasteiger partial charge in [-0.1, -0.05) is 34.6 Å². The van der Waals surface area contributed by atoms with Gasteiger partial charge in [0, 0.05) is 29.9 Å². The van der Waals surface area contributed by atoms with Crippen molar-refractivity contribution < 1.29 is 14.2 Å². The molecule has 2 aliphatic heterocycles. The zero-order valence-electron chi connectivity index (χ0n) is 19.8. The molecular formula is C28H28N4O3. The van der Waals surface area contributed by atoms with Gasteiger partial charge < -0.3 is 9.64 Å². The van der Waals surface area contributed by atoms with E-state index in [0.29, 0.717) is 28.6 Å². The third kappa shape index (κ3) is 4.27. The molecule has 2 fully saturated rings. The smallest absolute Gasteiger partial charge is 0.258 e. The highest BCUT2D eigenvalue weighted by molar-refractivity contribution is 5.97. The van der Waals surface area contributed by atoms with Crippen LogP contribution in [-0.4, -0.2) is 38.2 Å². The topological polar surface area (TPSA) is 81.3 Å². The second-order valence-corrected chi connectivity index (χ2v) is 9.78. The Kier molecular flexibility index (Phi) is 5.68. The average Bonchev–Trinajstić information content (AvgIpc) is 3.41. The summed E-state index contributed by atoms with van der Waals surface area (Å²) in [7, 11) is 0. The highest BCUT2D eigenvalue weighted by Gasteiger charge is 2.43. The molecule has 6 rings (SSSR count). The van der Waals surface area contributed by atoms with Gasteiger partial charge >= 0.3 is 0 Å². The van der Waals surface area contributed by atoms with E-state index in [1.54, 1.807) is 0 Å². The molecule has 7 heteroatoms. The first-order valence-electron chi connectivity index (χ1n) is 12.3. The van der Waals surface area contributed by atoms with Crippen LogP contribution in [0.15, 0.2) is 65.6 Å². The number of amides is 1. The number of hydrogen-bond acceptors (Lipinski definition) is 6. The zero-order chi connectivity index (χ0) is 23.8. The van der Waals surface area contributed by atoms with Crippen molar-refractivity contribution in [2.75, 3.05) is 0 Å². The number of para-hydroxylation sites is 1. The molecule has 2 saturated heterocycles. The number of aryl methyl sites for hydroxylation is 1. The SMILES string of the molecule is Cc1nonc1COc1ccccc1C(=O)N1C2CCC1CC(Cc1ccc3ccncc3c1)C2. The summed E-state index contributed by atoms with van der Waals surface area (Å²) in [5.74, 6) is 1.23. The van der Waals surface area contributed by atoms with E-state index in [-0.39, 0.29) is 24.6 Å². The Balaban J connectivity index is 1.16. The van der Waals surface area contributed by atoms with Gasteiger partial charge in [-0.05, 0) is 80.2 Å². The normalized spacial score (nSPS) is 21.4. The van der Waals surface area contributed by atoms with Crippen LogP contribution in [0, 0.1) is 12.8 Å². The fraction of sp³-hybridized carbons (Fsp3) is 0.357. The van der Waals surface area contributed by atoms with Crippen molar-refractivity contribution in [3.8, 4) is 5.75 Å². The summed E-state index contributed by atoms with van der Waals surface area (Å²) in [6.07, 6.45) is 9.04. The van der Waals surface area contributed by atoms with Crippen LogP contribution in [0.4, 0.5) is 0 Å². The van der Waals surface area contributed by atoms with Crippen LogP contribution in [0.1, 0.15) is 53.0 Å². The van der Waals surface area contributed by atoms with Crippen LogP contribution in [-0.2, 0) is 13.0 Å². The lowest BCUT2D eigenvalue weighted by molar-refractivity contribution is 0.0520. The molecule has 0 spiro atoms.